The van der Waals surface area contributed by atoms with E-state index in [-0.39, 0.29) is 5.97 Å². The van der Waals surface area contributed by atoms with E-state index in [0.29, 0.717) is 12.2 Å². The number of rotatable bonds is 20. The fraction of sp³-hybridized carbons (Fsp3) is 0.486. The highest BCUT2D eigenvalue weighted by molar-refractivity contribution is 7.28. The highest BCUT2D eigenvalue weighted by Gasteiger charge is 2.17. The largest absolute Gasteiger partial charge is 0.457 e. The molecule has 0 aliphatic rings. The van der Waals surface area contributed by atoms with Crippen molar-refractivity contribution in [1.29, 1.82) is 0 Å². The fourth-order valence-electron chi connectivity index (χ4n) is 5.34. The zero-order valence-corrected chi connectivity index (χ0v) is 29.6. The fourth-order valence-corrected chi connectivity index (χ4v) is 9.82. The van der Waals surface area contributed by atoms with Crippen LogP contribution in [0, 0.1) is 0 Å². The van der Waals surface area contributed by atoms with E-state index in [1.54, 1.807) is 18.3 Å². The van der Waals surface area contributed by atoms with Crippen LogP contribution >= 0.6 is 45.3 Å². The summed E-state index contributed by atoms with van der Waals surface area (Å²) in [6.07, 6.45) is 18.0. The average molecular weight is 653 g/mol. The highest BCUT2D eigenvalue weighted by atomic mass is 32.1. The molecule has 0 aliphatic heterocycles. The molecular formula is C37H48O2S4. The first-order valence-corrected chi connectivity index (χ1v) is 19.5. The summed E-state index contributed by atoms with van der Waals surface area (Å²) in [5.74, 6) is -0.319. The van der Waals surface area contributed by atoms with Crippen LogP contribution in [0.3, 0.4) is 0 Å². The molecule has 0 bridgehead atoms. The lowest BCUT2D eigenvalue weighted by atomic mass is 10.0. The van der Waals surface area contributed by atoms with E-state index in [0.717, 1.165) is 11.3 Å². The smallest absolute Gasteiger partial charge is 0.333 e. The maximum absolute atomic E-state index is 12.0. The molecule has 0 unspecified atom stereocenters. The van der Waals surface area contributed by atoms with Gasteiger partial charge < -0.3 is 4.74 Å². The van der Waals surface area contributed by atoms with Gasteiger partial charge in [-0.2, -0.15) is 0 Å². The Morgan fingerprint density at radius 2 is 1.21 bits per heavy atom. The first kappa shape index (κ1) is 33.9. The molecule has 4 aromatic heterocycles. The second-order valence-electron chi connectivity index (χ2n) is 11.6. The summed E-state index contributed by atoms with van der Waals surface area (Å²) in [7, 11) is 0. The first-order valence-electron chi connectivity index (χ1n) is 16.2. The second-order valence-corrected chi connectivity index (χ2v) is 15.8. The Hall–Kier alpha value is -1.99. The van der Waals surface area contributed by atoms with Gasteiger partial charge in [-0.3, -0.25) is 0 Å². The topological polar surface area (TPSA) is 26.3 Å². The van der Waals surface area contributed by atoms with Gasteiger partial charge in [0.15, 0.2) is 0 Å². The van der Waals surface area contributed by atoms with Gasteiger partial charge in [0, 0.05) is 39.7 Å². The van der Waals surface area contributed by atoms with Crippen molar-refractivity contribution in [3.8, 4) is 29.3 Å². The van der Waals surface area contributed by atoms with E-state index in [1.165, 1.54) is 124 Å². The van der Waals surface area contributed by atoms with Crippen LogP contribution in [-0.4, -0.2) is 5.97 Å². The third-order valence-corrected chi connectivity index (χ3v) is 12.6. The average Bonchev–Trinajstić information content (AvgIpc) is 3.81. The van der Waals surface area contributed by atoms with E-state index >= 15 is 0 Å². The zero-order valence-electron chi connectivity index (χ0n) is 26.3. The van der Waals surface area contributed by atoms with Gasteiger partial charge in [0.25, 0.3) is 0 Å². The molecule has 0 amide bonds. The van der Waals surface area contributed by atoms with E-state index in [2.05, 4.69) is 62.2 Å². The van der Waals surface area contributed by atoms with Gasteiger partial charge in [-0.25, -0.2) is 4.79 Å². The third kappa shape index (κ3) is 10.3. The maximum atomic E-state index is 12.0. The molecule has 4 rings (SSSR count). The predicted octanol–water partition coefficient (Wildman–Crippen LogP) is 13.4. The third-order valence-electron chi connectivity index (χ3n) is 7.80. The van der Waals surface area contributed by atoms with Crippen LogP contribution < -0.4 is 0 Å². The first-order chi connectivity index (χ1) is 21.0. The summed E-state index contributed by atoms with van der Waals surface area (Å²) >= 11 is 7.47. The monoisotopic (exact) mass is 652 g/mol. The lowest BCUT2D eigenvalue weighted by Crippen LogP contribution is -2.03. The normalized spacial score (nSPS) is 11.3. The molecule has 0 saturated carbocycles. The molecule has 232 valence electrons. The predicted molar refractivity (Wildman–Crippen MR) is 193 cm³/mol. The van der Waals surface area contributed by atoms with Crippen LogP contribution in [0.1, 0.15) is 114 Å². The molecule has 4 aromatic rings. The molecule has 0 fully saturated rings. The minimum Gasteiger partial charge on any atom is -0.457 e. The second kappa shape index (κ2) is 18.1. The molecule has 0 aliphatic carbocycles. The number of carbonyl (C=O) groups is 1. The number of aryl methyl sites for hydroxylation is 2. The van der Waals surface area contributed by atoms with E-state index in [1.807, 2.05) is 34.0 Å². The number of carbonyl (C=O) groups excluding carboxylic acids is 1. The Kier molecular flexibility index (Phi) is 14.3. The number of esters is 1. The summed E-state index contributed by atoms with van der Waals surface area (Å²) in [5.41, 5.74) is 3.35. The van der Waals surface area contributed by atoms with Crippen LogP contribution in [0.5, 0.6) is 0 Å². The van der Waals surface area contributed by atoms with Crippen molar-refractivity contribution in [2.75, 3.05) is 0 Å². The van der Waals surface area contributed by atoms with Gasteiger partial charge in [0.1, 0.15) is 6.61 Å². The Bertz CT molecular complexity index is 1420. The Labute approximate surface area is 275 Å². The Morgan fingerprint density at radius 3 is 1.81 bits per heavy atom. The van der Waals surface area contributed by atoms with Crippen molar-refractivity contribution >= 4 is 51.3 Å². The van der Waals surface area contributed by atoms with Gasteiger partial charge in [0.2, 0.25) is 0 Å². The summed E-state index contributed by atoms with van der Waals surface area (Å²) < 4.78 is 5.51. The lowest BCUT2D eigenvalue weighted by molar-refractivity contribution is -0.140. The van der Waals surface area contributed by atoms with Crippen LogP contribution in [0.2, 0.25) is 0 Å². The minimum absolute atomic E-state index is 0.314. The molecule has 0 saturated heterocycles. The van der Waals surface area contributed by atoms with Gasteiger partial charge in [-0.05, 0) is 85.5 Å². The van der Waals surface area contributed by atoms with Crippen molar-refractivity contribution in [2.45, 2.75) is 117 Å². The maximum Gasteiger partial charge on any atom is 0.333 e. The van der Waals surface area contributed by atoms with E-state index < -0.39 is 0 Å². The van der Waals surface area contributed by atoms with Crippen molar-refractivity contribution in [2.24, 2.45) is 0 Å². The number of hydrogen-bond acceptors (Lipinski definition) is 6. The van der Waals surface area contributed by atoms with Crippen molar-refractivity contribution in [3.63, 3.8) is 0 Å². The Morgan fingerprint density at radius 1 is 0.674 bits per heavy atom. The lowest BCUT2D eigenvalue weighted by Gasteiger charge is -2.03. The molecule has 0 spiro atoms. The summed E-state index contributed by atoms with van der Waals surface area (Å²) in [4.78, 5) is 21.3. The molecule has 6 heteroatoms. The molecule has 43 heavy (non-hydrogen) atoms. The van der Waals surface area contributed by atoms with Crippen LogP contribution in [0.25, 0.3) is 29.3 Å². The van der Waals surface area contributed by atoms with E-state index in [9.17, 15) is 4.79 Å². The number of hydrogen-bond donors (Lipinski definition) is 0. The standard InChI is InChI=1S/C37H48O2S4/c1-5-7-9-11-13-15-17-28-23-24-40-35(28)33-21-19-31(42-33)32-20-22-34(43-32)36-29(18-16-14-12-10-8-6-2)25-30(41-36)26-39-37(38)27(3)4/h19-25H,3,5-18,26H2,1-2,4H3. The van der Waals surface area contributed by atoms with Crippen LogP contribution in [-0.2, 0) is 29.0 Å². The Balaban J connectivity index is 1.45. The zero-order chi connectivity index (χ0) is 30.4. The van der Waals surface area contributed by atoms with Crippen LogP contribution in [0.4, 0.5) is 0 Å². The molecule has 0 radical (unpaired) electrons. The SMILES string of the molecule is C=C(C)C(=O)OCc1cc(CCCCCCCC)c(-c2ccc(-c3ccc(-c4sccc4CCCCCCCC)s3)s2)s1. The molecule has 0 aromatic carbocycles. The van der Waals surface area contributed by atoms with Gasteiger partial charge in [-0.15, -0.1) is 45.3 Å². The van der Waals surface area contributed by atoms with Crippen molar-refractivity contribution in [1.82, 2.24) is 0 Å². The quantitative estimate of drug-likeness (QED) is 0.0539. The van der Waals surface area contributed by atoms with Gasteiger partial charge >= 0.3 is 5.97 Å². The van der Waals surface area contributed by atoms with E-state index in [4.69, 9.17) is 4.74 Å². The summed E-state index contributed by atoms with van der Waals surface area (Å²) in [5, 5.41) is 2.26. The minimum atomic E-state index is -0.319. The number of thiophene rings is 4. The summed E-state index contributed by atoms with van der Waals surface area (Å²) in [6.45, 7) is 10.3. The molecule has 0 N–H and O–H groups in total. The highest BCUT2D eigenvalue weighted by Crippen LogP contribution is 2.45. The molecule has 0 atom stereocenters. The van der Waals surface area contributed by atoms with Crippen molar-refractivity contribution in [3.05, 3.63) is 69.9 Å². The number of ether oxygens (including phenoxy) is 1. The summed E-state index contributed by atoms with van der Waals surface area (Å²) in [6, 6.07) is 13.8. The molecular weight excluding hydrogens is 605 g/mol. The van der Waals surface area contributed by atoms with Gasteiger partial charge in [-0.1, -0.05) is 84.6 Å². The van der Waals surface area contributed by atoms with Crippen molar-refractivity contribution < 1.29 is 9.53 Å². The van der Waals surface area contributed by atoms with Crippen LogP contribution in [0.15, 0.2) is 53.9 Å². The molecule has 2 nitrogen and oxygen atoms in total. The number of unbranched alkanes of at least 4 members (excludes halogenated alkanes) is 10. The molecule has 4 heterocycles. The van der Waals surface area contributed by atoms with Gasteiger partial charge in [0.05, 0.1) is 0 Å².